The maximum atomic E-state index is 12.6. The maximum absolute atomic E-state index is 12.6. The van der Waals surface area contributed by atoms with Crippen molar-refractivity contribution in [2.24, 2.45) is 0 Å². The van der Waals surface area contributed by atoms with Crippen molar-refractivity contribution in [3.63, 3.8) is 0 Å². The molecule has 1 saturated heterocycles. The van der Waals surface area contributed by atoms with Crippen LogP contribution in [0.25, 0.3) is 10.9 Å². The fraction of sp³-hybridized carbons (Fsp3) is 0.227. The quantitative estimate of drug-likeness (QED) is 0.589. The molecule has 0 unspecified atom stereocenters. The Labute approximate surface area is 173 Å². The Kier molecular flexibility index (Phi) is 5.38. The Morgan fingerprint density at radius 3 is 2.63 bits per heavy atom. The summed E-state index contributed by atoms with van der Waals surface area (Å²) in [5.74, 6) is -0.115. The number of ether oxygens (including phenoxy) is 1. The molecule has 0 radical (unpaired) electrons. The molecule has 8 nitrogen and oxygen atoms in total. The summed E-state index contributed by atoms with van der Waals surface area (Å²) in [6.45, 7) is 1.04. The standard InChI is InChI=1S/C22H22N4O4/c1-30-17-8-6-16(7-9-17)26-21(28)18(24-22(26)29)14-20(27)23-11-13-25-12-10-15-4-2-3-5-19(15)25/h2-10,12,18H,11,13-14H2,1H3,(H,23,27)(H,24,29)/t18-/m1/s1. The molecule has 30 heavy (non-hydrogen) atoms. The van der Waals surface area contributed by atoms with E-state index in [1.54, 1.807) is 24.3 Å². The van der Waals surface area contributed by atoms with Crippen LogP contribution in [0.5, 0.6) is 5.75 Å². The highest BCUT2D eigenvalue weighted by Crippen LogP contribution is 2.23. The Bertz CT molecular complexity index is 1090. The van der Waals surface area contributed by atoms with Gasteiger partial charge in [-0.05, 0) is 41.8 Å². The maximum Gasteiger partial charge on any atom is 0.329 e. The van der Waals surface area contributed by atoms with Crippen LogP contribution in [0.2, 0.25) is 0 Å². The van der Waals surface area contributed by atoms with Crippen molar-refractivity contribution < 1.29 is 19.1 Å². The first kappa shape index (κ1) is 19.5. The van der Waals surface area contributed by atoms with Gasteiger partial charge in [0, 0.05) is 24.8 Å². The highest BCUT2D eigenvalue weighted by atomic mass is 16.5. The molecule has 3 aromatic rings. The lowest BCUT2D eigenvalue weighted by Gasteiger charge is -2.13. The molecule has 2 heterocycles. The largest absolute Gasteiger partial charge is 0.497 e. The van der Waals surface area contributed by atoms with E-state index in [1.165, 1.54) is 7.11 Å². The minimum atomic E-state index is -0.882. The molecule has 4 rings (SSSR count). The Morgan fingerprint density at radius 1 is 1.10 bits per heavy atom. The lowest BCUT2D eigenvalue weighted by atomic mass is 10.2. The predicted octanol–water partition coefficient (Wildman–Crippen LogP) is 2.28. The summed E-state index contributed by atoms with van der Waals surface area (Å²) in [5.41, 5.74) is 1.53. The van der Waals surface area contributed by atoms with Crippen LogP contribution >= 0.6 is 0 Å². The Morgan fingerprint density at radius 2 is 1.87 bits per heavy atom. The summed E-state index contributed by atoms with van der Waals surface area (Å²) in [4.78, 5) is 38.2. The summed E-state index contributed by atoms with van der Waals surface area (Å²) in [7, 11) is 1.54. The van der Waals surface area contributed by atoms with Gasteiger partial charge in [0.25, 0.3) is 5.91 Å². The lowest BCUT2D eigenvalue weighted by Crippen LogP contribution is -2.37. The van der Waals surface area contributed by atoms with Gasteiger partial charge in [0.05, 0.1) is 19.2 Å². The topological polar surface area (TPSA) is 92.7 Å². The molecule has 1 aromatic heterocycles. The molecule has 0 bridgehead atoms. The molecule has 154 valence electrons. The fourth-order valence-corrected chi connectivity index (χ4v) is 3.55. The second kappa shape index (κ2) is 8.28. The molecule has 0 saturated carbocycles. The van der Waals surface area contributed by atoms with Crippen LogP contribution in [0.3, 0.4) is 0 Å². The third-order valence-electron chi connectivity index (χ3n) is 5.09. The zero-order chi connectivity index (χ0) is 21.1. The van der Waals surface area contributed by atoms with Crippen LogP contribution in [0.15, 0.2) is 60.8 Å². The van der Waals surface area contributed by atoms with Gasteiger partial charge in [-0.25, -0.2) is 9.69 Å². The number of amides is 4. The molecule has 0 aliphatic carbocycles. The summed E-state index contributed by atoms with van der Waals surface area (Å²) >= 11 is 0. The molecular weight excluding hydrogens is 384 g/mol. The molecule has 1 aliphatic rings. The third kappa shape index (κ3) is 3.84. The highest BCUT2D eigenvalue weighted by molar-refractivity contribution is 6.22. The van der Waals surface area contributed by atoms with Gasteiger partial charge in [-0.15, -0.1) is 0 Å². The molecule has 0 spiro atoms. The van der Waals surface area contributed by atoms with Gasteiger partial charge >= 0.3 is 6.03 Å². The first-order valence-corrected chi connectivity index (χ1v) is 9.66. The van der Waals surface area contributed by atoms with Crippen LogP contribution in [0.1, 0.15) is 6.42 Å². The van der Waals surface area contributed by atoms with Crippen LogP contribution in [-0.2, 0) is 16.1 Å². The van der Waals surface area contributed by atoms with Crippen molar-refractivity contribution in [2.45, 2.75) is 19.0 Å². The molecule has 1 atom stereocenters. The van der Waals surface area contributed by atoms with Gasteiger partial charge in [-0.2, -0.15) is 0 Å². The first-order chi connectivity index (χ1) is 14.6. The van der Waals surface area contributed by atoms with Crippen molar-refractivity contribution in [1.82, 2.24) is 15.2 Å². The smallest absolute Gasteiger partial charge is 0.329 e. The van der Waals surface area contributed by atoms with E-state index in [2.05, 4.69) is 15.2 Å². The minimum Gasteiger partial charge on any atom is -0.497 e. The van der Waals surface area contributed by atoms with Crippen molar-refractivity contribution in [1.29, 1.82) is 0 Å². The van der Waals surface area contributed by atoms with Crippen LogP contribution in [-0.4, -0.2) is 42.1 Å². The van der Waals surface area contributed by atoms with Gasteiger partial charge in [0.15, 0.2) is 0 Å². The number of hydrogen-bond donors (Lipinski definition) is 2. The van der Waals surface area contributed by atoms with E-state index in [-0.39, 0.29) is 12.3 Å². The monoisotopic (exact) mass is 406 g/mol. The number of aromatic nitrogens is 1. The molecule has 2 aromatic carbocycles. The zero-order valence-corrected chi connectivity index (χ0v) is 16.5. The number of carbonyl (C=O) groups excluding carboxylic acids is 3. The van der Waals surface area contributed by atoms with Gasteiger partial charge < -0.3 is 19.9 Å². The molecule has 4 amide bonds. The highest BCUT2D eigenvalue weighted by Gasteiger charge is 2.39. The van der Waals surface area contributed by atoms with Crippen LogP contribution in [0.4, 0.5) is 10.5 Å². The molecule has 8 heteroatoms. The Hall–Kier alpha value is -3.81. The van der Waals surface area contributed by atoms with Crippen LogP contribution in [0, 0.1) is 0 Å². The van der Waals surface area contributed by atoms with Gasteiger partial charge in [0.2, 0.25) is 5.91 Å². The van der Waals surface area contributed by atoms with E-state index >= 15 is 0 Å². The number of para-hydroxylation sites is 1. The SMILES string of the molecule is COc1ccc(N2C(=O)N[C@H](CC(=O)NCCn3ccc4ccccc43)C2=O)cc1. The van der Waals surface area contributed by atoms with E-state index in [9.17, 15) is 14.4 Å². The van der Waals surface area contributed by atoms with E-state index in [1.807, 2.05) is 36.5 Å². The van der Waals surface area contributed by atoms with Gasteiger partial charge in [-0.3, -0.25) is 9.59 Å². The number of urea groups is 1. The van der Waals surface area contributed by atoms with E-state index in [0.717, 1.165) is 15.8 Å². The third-order valence-corrected chi connectivity index (χ3v) is 5.09. The van der Waals surface area contributed by atoms with E-state index in [4.69, 9.17) is 4.74 Å². The molecule has 2 N–H and O–H groups in total. The van der Waals surface area contributed by atoms with Gasteiger partial charge in [0.1, 0.15) is 11.8 Å². The summed E-state index contributed by atoms with van der Waals surface area (Å²) in [6.07, 6.45) is 1.87. The summed E-state index contributed by atoms with van der Waals surface area (Å²) in [6, 6.07) is 15.2. The number of rotatable bonds is 7. The molecule has 1 aliphatic heterocycles. The number of benzene rings is 2. The van der Waals surface area contributed by atoms with Crippen molar-refractivity contribution in [3.8, 4) is 5.75 Å². The average Bonchev–Trinajstić information content (AvgIpc) is 3.29. The summed E-state index contributed by atoms with van der Waals surface area (Å²) < 4.78 is 7.15. The minimum absolute atomic E-state index is 0.107. The van der Waals surface area contributed by atoms with Crippen molar-refractivity contribution >= 4 is 34.4 Å². The molecular formula is C22H22N4O4. The predicted molar refractivity (Wildman–Crippen MR) is 112 cm³/mol. The number of nitrogens with zero attached hydrogens (tertiary/aromatic N) is 2. The number of fused-ring (bicyclic) bond motifs is 1. The number of imide groups is 1. The lowest BCUT2D eigenvalue weighted by molar-refractivity contribution is -0.125. The fourth-order valence-electron chi connectivity index (χ4n) is 3.55. The van der Waals surface area contributed by atoms with Crippen LogP contribution < -0.4 is 20.3 Å². The van der Waals surface area contributed by atoms with E-state index in [0.29, 0.717) is 24.5 Å². The number of carbonyl (C=O) groups is 3. The normalized spacial score (nSPS) is 16.0. The van der Waals surface area contributed by atoms with Gasteiger partial charge in [-0.1, -0.05) is 18.2 Å². The second-order valence-corrected chi connectivity index (χ2v) is 7.00. The number of methoxy groups -OCH3 is 1. The van der Waals surface area contributed by atoms with Crippen molar-refractivity contribution in [2.75, 3.05) is 18.6 Å². The van der Waals surface area contributed by atoms with E-state index < -0.39 is 18.0 Å². The first-order valence-electron chi connectivity index (χ1n) is 9.66. The molecule has 1 fully saturated rings. The zero-order valence-electron chi connectivity index (χ0n) is 16.5. The Balaban J connectivity index is 1.32. The number of nitrogens with one attached hydrogen (secondary N) is 2. The number of hydrogen-bond acceptors (Lipinski definition) is 4. The second-order valence-electron chi connectivity index (χ2n) is 7.00. The number of anilines is 1. The summed E-state index contributed by atoms with van der Waals surface area (Å²) in [5, 5.41) is 6.54. The van der Waals surface area contributed by atoms with Crippen molar-refractivity contribution in [3.05, 3.63) is 60.8 Å². The average molecular weight is 406 g/mol.